The molecule has 2 amide bonds. The van der Waals surface area contributed by atoms with E-state index < -0.39 is 0 Å². The van der Waals surface area contributed by atoms with Crippen LogP contribution in [0.2, 0.25) is 5.02 Å². The topological polar surface area (TPSA) is 92.9 Å². The minimum atomic E-state index is -0.361. The molecule has 0 aliphatic carbocycles. The third-order valence-electron chi connectivity index (χ3n) is 5.70. The highest BCUT2D eigenvalue weighted by molar-refractivity contribution is 6.30. The van der Waals surface area contributed by atoms with E-state index in [1.807, 2.05) is 24.3 Å². The molecule has 0 aliphatic heterocycles. The Kier molecular flexibility index (Phi) is 7.65. The van der Waals surface area contributed by atoms with Crippen molar-refractivity contribution in [1.82, 2.24) is 9.88 Å². The minimum Gasteiger partial charge on any atom is -0.497 e. The average molecular weight is 508 g/mol. The fourth-order valence-electron chi connectivity index (χ4n) is 3.79. The number of carbonyl (C=O) groups excluding carboxylic acids is 1. The van der Waals surface area contributed by atoms with E-state index in [2.05, 4.69) is 10.3 Å². The number of urea groups is 1. The van der Waals surface area contributed by atoms with Gasteiger partial charge < -0.3 is 29.4 Å². The van der Waals surface area contributed by atoms with Gasteiger partial charge in [-0.25, -0.2) is 4.79 Å². The van der Waals surface area contributed by atoms with Crippen LogP contribution >= 0.6 is 11.6 Å². The number of anilines is 1. The summed E-state index contributed by atoms with van der Waals surface area (Å²) in [4.78, 5) is 30.7. The van der Waals surface area contributed by atoms with Crippen molar-refractivity contribution in [2.75, 3.05) is 26.6 Å². The normalized spacial score (nSPS) is 10.7. The number of halogens is 1. The minimum absolute atomic E-state index is 0.0745. The number of hydrogen-bond donors (Lipinski definition) is 2. The SMILES string of the molecule is COc1ccc(CN(Cc2cc3cc(OC)c(OC)cc3[nH]c2=O)C(=O)Nc2ccc(Cl)cc2)cc1. The number of ether oxygens (including phenoxy) is 3. The van der Waals surface area contributed by atoms with Crippen LogP contribution in [0.1, 0.15) is 11.1 Å². The van der Waals surface area contributed by atoms with Crippen molar-refractivity contribution in [3.63, 3.8) is 0 Å². The highest BCUT2D eigenvalue weighted by Crippen LogP contribution is 2.31. The van der Waals surface area contributed by atoms with E-state index in [0.29, 0.717) is 39.0 Å². The molecule has 0 saturated carbocycles. The molecule has 0 bridgehead atoms. The lowest BCUT2D eigenvalue weighted by Crippen LogP contribution is -2.35. The van der Waals surface area contributed by atoms with Crippen molar-refractivity contribution in [3.8, 4) is 17.2 Å². The predicted molar refractivity (Wildman–Crippen MR) is 140 cm³/mol. The number of aromatic amines is 1. The van der Waals surface area contributed by atoms with Gasteiger partial charge in [0.05, 0.1) is 33.4 Å². The summed E-state index contributed by atoms with van der Waals surface area (Å²) in [7, 11) is 4.68. The number of fused-ring (bicyclic) bond motifs is 1. The molecule has 9 heteroatoms. The summed E-state index contributed by atoms with van der Waals surface area (Å²) in [5, 5.41) is 4.20. The lowest BCUT2D eigenvalue weighted by Gasteiger charge is -2.23. The molecule has 186 valence electrons. The van der Waals surface area contributed by atoms with Crippen LogP contribution in [0.3, 0.4) is 0 Å². The molecule has 8 nitrogen and oxygen atoms in total. The molecule has 0 spiro atoms. The monoisotopic (exact) mass is 507 g/mol. The third kappa shape index (κ3) is 5.72. The molecule has 0 fully saturated rings. The number of aromatic nitrogens is 1. The Morgan fingerprint density at radius 3 is 2.19 bits per heavy atom. The van der Waals surface area contributed by atoms with Gasteiger partial charge in [0.2, 0.25) is 0 Å². The molecule has 2 N–H and O–H groups in total. The van der Waals surface area contributed by atoms with Crippen LogP contribution < -0.4 is 25.1 Å². The Bertz CT molecular complexity index is 1420. The first kappa shape index (κ1) is 24.9. The number of benzene rings is 3. The predicted octanol–water partition coefficient (Wildman–Crippen LogP) is 5.44. The van der Waals surface area contributed by atoms with Crippen molar-refractivity contribution < 1.29 is 19.0 Å². The number of nitrogens with one attached hydrogen (secondary N) is 2. The Labute approximate surface area is 213 Å². The van der Waals surface area contributed by atoms with Crippen LogP contribution in [-0.2, 0) is 13.1 Å². The van der Waals surface area contributed by atoms with Crippen molar-refractivity contribution in [3.05, 3.63) is 93.2 Å². The van der Waals surface area contributed by atoms with E-state index >= 15 is 0 Å². The number of pyridine rings is 1. The lowest BCUT2D eigenvalue weighted by molar-refractivity contribution is 0.206. The Morgan fingerprint density at radius 1 is 0.889 bits per heavy atom. The summed E-state index contributed by atoms with van der Waals surface area (Å²) in [6, 6.07) is 19.1. The van der Waals surface area contributed by atoms with Crippen molar-refractivity contribution in [2.24, 2.45) is 0 Å². The molecule has 0 radical (unpaired) electrons. The number of H-pyrrole nitrogens is 1. The zero-order valence-electron chi connectivity index (χ0n) is 20.1. The van der Waals surface area contributed by atoms with Crippen LogP contribution in [-0.4, -0.2) is 37.2 Å². The standard InChI is InChI=1S/C27H26ClN3O5/c1-34-22-10-4-17(5-11-22)15-31(27(33)29-21-8-6-20(28)7-9-21)16-19-12-18-13-24(35-2)25(36-3)14-23(18)30-26(19)32/h4-14H,15-16H2,1-3H3,(H,29,33)(H,30,32). The van der Waals surface area contributed by atoms with Gasteiger partial charge in [-0.1, -0.05) is 23.7 Å². The summed E-state index contributed by atoms with van der Waals surface area (Å²) in [5.41, 5.74) is 2.20. The van der Waals surface area contributed by atoms with Crippen LogP contribution in [0, 0.1) is 0 Å². The second-order valence-corrected chi connectivity index (χ2v) is 8.50. The molecule has 4 rings (SSSR count). The third-order valence-corrected chi connectivity index (χ3v) is 5.95. The molecule has 0 saturated heterocycles. The largest absolute Gasteiger partial charge is 0.497 e. The summed E-state index contributed by atoms with van der Waals surface area (Å²) in [5.74, 6) is 1.77. The van der Waals surface area contributed by atoms with Crippen LogP contribution in [0.4, 0.5) is 10.5 Å². The summed E-state index contributed by atoms with van der Waals surface area (Å²) < 4.78 is 16.0. The van der Waals surface area contributed by atoms with Crippen molar-refractivity contribution in [1.29, 1.82) is 0 Å². The first-order chi connectivity index (χ1) is 17.4. The maximum Gasteiger partial charge on any atom is 0.322 e. The molecule has 0 aliphatic rings. The van der Waals surface area contributed by atoms with Gasteiger partial charge in [0.15, 0.2) is 11.5 Å². The number of nitrogens with zero attached hydrogens (tertiary/aromatic N) is 1. The number of amides is 2. The van der Waals surface area contributed by atoms with Crippen LogP contribution in [0.15, 0.2) is 71.5 Å². The second-order valence-electron chi connectivity index (χ2n) is 8.06. The number of methoxy groups -OCH3 is 3. The zero-order chi connectivity index (χ0) is 25.7. The molecule has 1 heterocycles. The van der Waals surface area contributed by atoms with Gasteiger partial charge in [0, 0.05) is 34.3 Å². The Hall–Kier alpha value is -4.17. The molecule has 0 unspecified atom stereocenters. The van der Waals surface area contributed by atoms with E-state index in [-0.39, 0.29) is 24.7 Å². The van der Waals surface area contributed by atoms with Crippen molar-refractivity contribution in [2.45, 2.75) is 13.1 Å². The average Bonchev–Trinajstić information content (AvgIpc) is 2.89. The fraction of sp³-hybridized carbons (Fsp3) is 0.185. The van der Waals surface area contributed by atoms with E-state index in [0.717, 1.165) is 10.9 Å². The molecule has 0 atom stereocenters. The molecular weight excluding hydrogens is 482 g/mol. The second kappa shape index (κ2) is 11.0. The zero-order valence-corrected chi connectivity index (χ0v) is 20.9. The molecule has 36 heavy (non-hydrogen) atoms. The van der Waals surface area contributed by atoms with Gasteiger partial charge in [-0.15, -0.1) is 0 Å². The van der Waals surface area contributed by atoms with Crippen LogP contribution in [0.5, 0.6) is 17.2 Å². The number of rotatable bonds is 8. The molecule has 1 aromatic heterocycles. The van der Waals surface area contributed by atoms with Gasteiger partial charge in [-0.2, -0.15) is 0 Å². The van der Waals surface area contributed by atoms with E-state index in [1.54, 1.807) is 61.6 Å². The van der Waals surface area contributed by atoms with Gasteiger partial charge in [-0.05, 0) is 54.1 Å². The molecule has 4 aromatic rings. The summed E-state index contributed by atoms with van der Waals surface area (Å²) in [6.45, 7) is 0.345. The van der Waals surface area contributed by atoms with E-state index in [1.165, 1.54) is 7.11 Å². The highest BCUT2D eigenvalue weighted by Gasteiger charge is 2.18. The lowest BCUT2D eigenvalue weighted by atomic mass is 10.1. The maximum atomic E-state index is 13.3. The van der Waals surface area contributed by atoms with Gasteiger partial charge >= 0.3 is 6.03 Å². The fourth-order valence-corrected chi connectivity index (χ4v) is 3.91. The quantitative estimate of drug-likeness (QED) is 0.331. The maximum absolute atomic E-state index is 13.3. The van der Waals surface area contributed by atoms with Gasteiger partial charge in [0.1, 0.15) is 5.75 Å². The molecule has 3 aromatic carbocycles. The Balaban J connectivity index is 1.67. The highest BCUT2D eigenvalue weighted by atomic mass is 35.5. The first-order valence-electron chi connectivity index (χ1n) is 11.1. The van der Waals surface area contributed by atoms with Gasteiger partial charge in [-0.3, -0.25) is 4.79 Å². The summed E-state index contributed by atoms with van der Waals surface area (Å²) >= 11 is 5.97. The van der Waals surface area contributed by atoms with Crippen molar-refractivity contribution >= 4 is 34.2 Å². The summed E-state index contributed by atoms with van der Waals surface area (Å²) in [6.07, 6.45) is 0. The molecular formula is C27H26ClN3O5. The van der Waals surface area contributed by atoms with Gasteiger partial charge in [0.25, 0.3) is 5.56 Å². The number of hydrogen-bond acceptors (Lipinski definition) is 5. The Morgan fingerprint density at radius 2 is 1.56 bits per heavy atom. The van der Waals surface area contributed by atoms with Crippen LogP contribution in [0.25, 0.3) is 10.9 Å². The first-order valence-corrected chi connectivity index (χ1v) is 11.5. The number of carbonyl (C=O) groups is 1. The van der Waals surface area contributed by atoms with E-state index in [4.69, 9.17) is 25.8 Å². The van der Waals surface area contributed by atoms with E-state index in [9.17, 15) is 9.59 Å². The smallest absolute Gasteiger partial charge is 0.322 e.